The Morgan fingerprint density at radius 1 is 1.44 bits per heavy atom. The van der Waals surface area contributed by atoms with Crippen molar-refractivity contribution in [1.82, 2.24) is 14.8 Å². The molecule has 3 rings (SSSR count). The van der Waals surface area contributed by atoms with Gasteiger partial charge in [0.05, 0.1) is 11.1 Å². The molecule has 0 aliphatic heterocycles. The Kier molecular flexibility index (Phi) is 2.21. The molecule has 1 saturated carbocycles. The number of hydrogen-bond acceptors (Lipinski definition) is 2. The Morgan fingerprint density at radius 3 is 2.94 bits per heavy atom. The van der Waals surface area contributed by atoms with Crippen LogP contribution in [0.3, 0.4) is 0 Å². The van der Waals surface area contributed by atoms with E-state index in [-0.39, 0.29) is 0 Å². The molecule has 4 heteroatoms. The summed E-state index contributed by atoms with van der Waals surface area (Å²) in [4.78, 5) is 4.18. The SMILES string of the molecule is Cc1ccc(-c2n[c]n(C3CC3)n2)c(Cl)c1. The average molecular weight is 233 g/mol. The van der Waals surface area contributed by atoms with E-state index in [1.807, 2.05) is 29.8 Å². The van der Waals surface area contributed by atoms with E-state index in [1.54, 1.807) is 0 Å². The summed E-state index contributed by atoms with van der Waals surface area (Å²) in [5.41, 5.74) is 2.02. The molecule has 16 heavy (non-hydrogen) atoms. The number of nitrogens with zero attached hydrogens (tertiary/aromatic N) is 3. The highest BCUT2D eigenvalue weighted by Crippen LogP contribution is 2.34. The predicted molar refractivity (Wildman–Crippen MR) is 62.3 cm³/mol. The zero-order chi connectivity index (χ0) is 11.1. The maximum atomic E-state index is 6.17. The summed E-state index contributed by atoms with van der Waals surface area (Å²) in [6, 6.07) is 6.40. The molecule has 1 radical (unpaired) electrons. The molecule has 1 aromatic carbocycles. The van der Waals surface area contributed by atoms with Crippen molar-refractivity contribution in [3.05, 3.63) is 35.1 Å². The summed E-state index contributed by atoms with van der Waals surface area (Å²) >= 11 is 6.17. The lowest BCUT2D eigenvalue weighted by Gasteiger charge is -2.00. The second kappa shape index (κ2) is 3.59. The molecule has 0 atom stereocenters. The van der Waals surface area contributed by atoms with Gasteiger partial charge in [-0.15, -0.1) is 5.10 Å². The summed E-state index contributed by atoms with van der Waals surface area (Å²) in [5, 5.41) is 5.09. The van der Waals surface area contributed by atoms with E-state index >= 15 is 0 Å². The third kappa shape index (κ3) is 1.71. The van der Waals surface area contributed by atoms with Gasteiger partial charge in [-0.1, -0.05) is 17.7 Å². The molecule has 1 aliphatic rings. The van der Waals surface area contributed by atoms with Crippen LogP contribution in [0, 0.1) is 13.3 Å². The van der Waals surface area contributed by atoms with Gasteiger partial charge in [0.2, 0.25) is 0 Å². The van der Waals surface area contributed by atoms with Gasteiger partial charge in [0, 0.05) is 5.56 Å². The fourth-order valence-electron chi connectivity index (χ4n) is 1.64. The molecule has 0 amide bonds. The van der Waals surface area contributed by atoms with Gasteiger partial charge in [-0.2, -0.15) is 0 Å². The summed E-state index contributed by atoms with van der Waals surface area (Å²) in [6.07, 6.45) is 5.27. The monoisotopic (exact) mass is 232 g/mol. The van der Waals surface area contributed by atoms with Gasteiger partial charge in [0.15, 0.2) is 12.2 Å². The van der Waals surface area contributed by atoms with Crippen molar-refractivity contribution >= 4 is 11.6 Å². The van der Waals surface area contributed by atoms with E-state index in [2.05, 4.69) is 16.4 Å². The predicted octanol–water partition coefficient (Wildman–Crippen LogP) is 3.04. The van der Waals surface area contributed by atoms with Gasteiger partial charge in [-0.3, -0.25) is 0 Å². The average Bonchev–Trinajstić information content (AvgIpc) is 2.98. The van der Waals surface area contributed by atoms with E-state index in [1.165, 1.54) is 12.8 Å². The van der Waals surface area contributed by atoms with Crippen LogP contribution < -0.4 is 0 Å². The minimum atomic E-state index is 0.505. The third-order valence-corrected chi connectivity index (χ3v) is 3.03. The van der Waals surface area contributed by atoms with Crippen molar-refractivity contribution < 1.29 is 0 Å². The number of benzene rings is 1. The van der Waals surface area contributed by atoms with Crippen molar-refractivity contribution in [1.29, 1.82) is 0 Å². The van der Waals surface area contributed by atoms with Gasteiger partial charge < -0.3 is 0 Å². The standard InChI is InChI=1S/C12H11ClN3/c1-8-2-5-10(11(13)6-8)12-14-7-16(15-12)9-3-4-9/h2,5-6,9H,3-4H2,1H3. The summed E-state index contributed by atoms with van der Waals surface area (Å²) in [5.74, 6) is 0.664. The normalized spacial score (nSPS) is 15.4. The molecule has 1 aliphatic carbocycles. The highest BCUT2D eigenvalue weighted by atomic mass is 35.5. The number of halogens is 1. The van der Waals surface area contributed by atoms with Crippen LogP contribution in [0.25, 0.3) is 11.4 Å². The lowest BCUT2D eigenvalue weighted by molar-refractivity contribution is 0.636. The Hall–Kier alpha value is -1.35. The molecular weight excluding hydrogens is 222 g/mol. The van der Waals surface area contributed by atoms with Gasteiger partial charge >= 0.3 is 0 Å². The molecule has 0 unspecified atom stereocenters. The maximum Gasteiger partial charge on any atom is 0.196 e. The molecule has 3 nitrogen and oxygen atoms in total. The lowest BCUT2D eigenvalue weighted by atomic mass is 10.1. The third-order valence-electron chi connectivity index (χ3n) is 2.72. The molecule has 81 valence electrons. The first-order chi connectivity index (χ1) is 7.74. The number of aromatic nitrogens is 3. The smallest absolute Gasteiger partial charge is 0.196 e. The van der Waals surface area contributed by atoms with Gasteiger partial charge in [-0.25, -0.2) is 9.67 Å². The van der Waals surface area contributed by atoms with Crippen LogP contribution in [-0.2, 0) is 0 Å². The van der Waals surface area contributed by atoms with Crippen LogP contribution in [0.4, 0.5) is 0 Å². The molecule has 0 saturated heterocycles. The fraction of sp³-hybridized carbons (Fsp3) is 0.333. The number of hydrogen-bond donors (Lipinski definition) is 0. The van der Waals surface area contributed by atoms with E-state index < -0.39 is 0 Å². The lowest BCUT2D eigenvalue weighted by Crippen LogP contribution is -1.94. The van der Waals surface area contributed by atoms with E-state index in [0.29, 0.717) is 16.9 Å². The Balaban J connectivity index is 2.00. The number of rotatable bonds is 2. The quantitative estimate of drug-likeness (QED) is 0.797. The van der Waals surface area contributed by atoms with Crippen molar-refractivity contribution in [3.63, 3.8) is 0 Å². The maximum absolute atomic E-state index is 6.17. The fourth-order valence-corrected chi connectivity index (χ4v) is 1.96. The van der Waals surface area contributed by atoms with Crippen LogP contribution >= 0.6 is 11.6 Å². The minimum Gasteiger partial charge on any atom is -0.239 e. The molecule has 2 aromatic rings. The first kappa shape index (κ1) is 9.85. The Morgan fingerprint density at radius 2 is 2.25 bits per heavy atom. The van der Waals surface area contributed by atoms with E-state index in [9.17, 15) is 0 Å². The van der Waals surface area contributed by atoms with Crippen molar-refractivity contribution in [3.8, 4) is 11.4 Å². The van der Waals surface area contributed by atoms with Gasteiger partial charge in [0.25, 0.3) is 0 Å². The van der Waals surface area contributed by atoms with Crippen LogP contribution in [0.5, 0.6) is 0 Å². The molecule has 1 aromatic heterocycles. The molecule has 1 heterocycles. The minimum absolute atomic E-state index is 0.505. The zero-order valence-electron chi connectivity index (χ0n) is 8.94. The van der Waals surface area contributed by atoms with Crippen LogP contribution in [0.15, 0.2) is 18.2 Å². The van der Waals surface area contributed by atoms with Gasteiger partial charge in [-0.05, 0) is 37.5 Å². The first-order valence-electron chi connectivity index (χ1n) is 5.35. The molecule has 1 fully saturated rings. The van der Waals surface area contributed by atoms with Crippen LogP contribution in [0.1, 0.15) is 24.4 Å². The van der Waals surface area contributed by atoms with Crippen molar-refractivity contribution in [2.24, 2.45) is 0 Å². The largest absolute Gasteiger partial charge is 0.239 e. The highest BCUT2D eigenvalue weighted by Gasteiger charge is 2.25. The molecular formula is C12H11ClN3. The second-order valence-corrected chi connectivity index (χ2v) is 4.60. The summed E-state index contributed by atoms with van der Waals surface area (Å²) < 4.78 is 1.81. The Bertz CT molecular complexity index is 529. The first-order valence-corrected chi connectivity index (χ1v) is 5.72. The zero-order valence-corrected chi connectivity index (χ0v) is 9.70. The summed E-state index contributed by atoms with van der Waals surface area (Å²) in [7, 11) is 0. The molecule has 0 N–H and O–H groups in total. The van der Waals surface area contributed by atoms with Crippen molar-refractivity contribution in [2.45, 2.75) is 25.8 Å². The van der Waals surface area contributed by atoms with Gasteiger partial charge in [0.1, 0.15) is 0 Å². The Labute approximate surface area is 99.1 Å². The summed E-state index contributed by atoms with van der Waals surface area (Å²) in [6.45, 7) is 2.01. The van der Waals surface area contributed by atoms with E-state index in [0.717, 1.165) is 11.1 Å². The topological polar surface area (TPSA) is 30.7 Å². The second-order valence-electron chi connectivity index (χ2n) is 4.19. The van der Waals surface area contributed by atoms with Crippen molar-refractivity contribution in [2.75, 3.05) is 0 Å². The van der Waals surface area contributed by atoms with E-state index in [4.69, 9.17) is 11.6 Å². The van der Waals surface area contributed by atoms with Crippen LogP contribution in [-0.4, -0.2) is 14.8 Å². The molecule has 0 spiro atoms. The highest BCUT2D eigenvalue weighted by molar-refractivity contribution is 6.33. The van der Waals surface area contributed by atoms with Crippen LogP contribution in [0.2, 0.25) is 5.02 Å². The number of aryl methyl sites for hydroxylation is 1. The molecule has 0 bridgehead atoms.